The molecule has 1 aliphatic rings. The van der Waals surface area contributed by atoms with Gasteiger partial charge in [-0.2, -0.15) is 13.2 Å². The van der Waals surface area contributed by atoms with E-state index in [2.05, 4.69) is 10.3 Å². The number of alkyl halides is 3. The smallest absolute Gasteiger partial charge is 0.355 e. The zero-order chi connectivity index (χ0) is 17.7. The minimum absolute atomic E-state index is 0. The fraction of sp³-hybridized carbons (Fsp3) is 0.923. The maximum Gasteiger partial charge on any atom is 0.403 e. The van der Waals surface area contributed by atoms with Gasteiger partial charge >= 0.3 is 6.18 Å². The van der Waals surface area contributed by atoms with Crippen LogP contribution in [0.4, 0.5) is 13.2 Å². The van der Waals surface area contributed by atoms with Crippen molar-refractivity contribution in [3.63, 3.8) is 0 Å². The Morgan fingerprint density at radius 3 is 2.21 bits per heavy atom. The van der Waals surface area contributed by atoms with E-state index in [1.807, 2.05) is 4.90 Å². The summed E-state index contributed by atoms with van der Waals surface area (Å²) < 4.78 is 61.1. The number of hydrogen-bond donors (Lipinski definition) is 1. The molecule has 0 spiro atoms. The zero-order valence-electron chi connectivity index (χ0n) is 14.1. The standard InChI is InChI=1S/C13H25F3N4O2S.HI/c1-4-23(21,22)10-5-18-12(17-3)20-8-6-19(7-9-20)11(2)13(14,15)16;/h11H,4-10H2,1-3H3,(H,17,18);1H. The minimum Gasteiger partial charge on any atom is -0.355 e. The molecular weight excluding hydrogens is 460 g/mol. The van der Waals surface area contributed by atoms with Gasteiger partial charge in [-0.05, 0) is 6.92 Å². The molecule has 0 aromatic carbocycles. The number of piperazine rings is 1. The molecule has 11 heteroatoms. The Labute approximate surface area is 158 Å². The normalized spacial score (nSPS) is 18.9. The first-order valence-corrected chi connectivity index (χ1v) is 9.39. The van der Waals surface area contributed by atoms with Crippen molar-refractivity contribution in [3.8, 4) is 0 Å². The average Bonchev–Trinajstić information content (AvgIpc) is 2.50. The molecule has 0 radical (unpaired) electrons. The second kappa shape index (κ2) is 10.00. The van der Waals surface area contributed by atoms with E-state index in [4.69, 9.17) is 0 Å². The van der Waals surface area contributed by atoms with Crippen molar-refractivity contribution in [2.24, 2.45) is 4.99 Å². The van der Waals surface area contributed by atoms with Gasteiger partial charge in [-0.15, -0.1) is 24.0 Å². The van der Waals surface area contributed by atoms with E-state index in [1.54, 1.807) is 14.0 Å². The van der Waals surface area contributed by atoms with Crippen LogP contribution in [0.5, 0.6) is 0 Å². The lowest BCUT2D eigenvalue weighted by atomic mass is 10.2. The third-order valence-electron chi connectivity index (χ3n) is 3.98. The van der Waals surface area contributed by atoms with Crippen molar-refractivity contribution < 1.29 is 21.6 Å². The first-order chi connectivity index (χ1) is 10.6. The van der Waals surface area contributed by atoms with Crippen LogP contribution in [-0.4, -0.2) is 87.7 Å². The average molecular weight is 486 g/mol. The highest BCUT2D eigenvalue weighted by molar-refractivity contribution is 14.0. The van der Waals surface area contributed by atoms with Crippen LogP contribution in [0.25, 0.3) is 0 Å². The summed E-state index contributed by atoms with van der Waals surface area (Å²) in [6.07, 6.45) is -4.23. The number of hydrogen-bond acceptors (Lipinski definition) is 4. The van der Waals surface area contributed by atoms with Crippen LogP contribution in [0.3, 0.4) is 0 Å². The zero-order valence-corrected chi connectivity index (χ0v) is 17.3. The summed E-state index contributed by atoms with van der Waals surface area (Å²) >= 11 is 0. The summed E-state index contributed by atoms with van der Waals surface area (Å²) in [5, 5.41) is 2.96. The van der Waals surface area contributed by atoms with Crippen LogP contribution in [0, 0.1) is 0 Å². The van der Waals surface area contributed by atoms with Crippen LogP contribution in [-0.2, 0) is 9.84 Å². The van der Waals surface area contributed by atoms with Gasteiger partial charge in [0.2, 0.25) is 0 Å². The number of rotatable bonds is 5. The van der Waals surface area contributed by atoms with Crippen LogP contribution in [0.2, 0.25) is 0 Å². The third-order valence-corrected chi connectivity index (χ3v) is 5.69. The minimum atomic E-state index is -4.23. The molecular formula is C13H26F3IN4O2S. The molecule has 24 heavy (non-hydrogen) atoms. The molecule has 144 valence electrons. The lowest BCUT2D eigenvalue weighted by molar-refractivity contribution is -0.181. The molecule has 1 fully saturated rings. The Morgan fingerprint density at radius 1 is 1.25 bits per heavy atom. The van der Waals surface area contributed by atoms with Crippen LogP contribution >= 0.6 is 24.0 Å². The molecule has 0 aromatic rings. The maximum absolute atomic E-state index is 12.7. The summed E-state index contributed by atoms with van der Waals surface area (Å²) in [6, 6.07) is -1.46. The quantitative estimate of drug-likeness (QED) is 0.360. The molecule has 0 aliphatic carbocycles. The maximum atomic E-state index is 12.7. The predicted octanol–water partition coefficient (Wildman–Crippen LogP) is 1.18. The molecule has 1 saturated heterocycles. The van der Waals surface area contributed by atoms with Crippen molar-refractivity contribution in [3.05, 3.63) is 0 Å². The summed E-state index contributed by atoms with van der Waals surface area (Å²) in [5.74, 6) is 0.616. The van der Waals surface area contributed by atoms with E-state index < -0.39 is 22.1 Å². The molecule has 6 nitrogen and oxygen atoms in total. The molecule has 1 unspecified atom stereocenters. The second-order valence-electron chi connectivity index (χ2n) is 5.45. The highest BCUT2D eigenvalue weighted by atomic mass is 127. The molecule has 0 aromatic heterocycles. The van der Waals surface area contributed by atoms with Gasteiger partial charge in [0.05, 0.1) is 5.75 Å². The van der Waals surface area contributed by atoms with Gasteiger partial charge < -0.3 is 10.2 Å². The Bertz CT molecular complexity index is 506. The summed E-state index contributed by atoms with van der Waals surface area (Å²) in [4.78, 5) is 7.31. The second-order valence-corrected chi connectivity index (χ2v) is 7.92. The van der Waals surface area contributed by atoms with Crippen molar-refractivity contribution >= 4 is 39.8 Å². The molecule has 0 bridgehead atoms. The molecule has 1 aliphatic heterocycles. The first kappa shape index (κ1) is 23.7. The summed E-state index contributed by atoms with van der Waals surface area (Å²) in [5.41, 5.74) is 0. The third kappa shape index (κ3) is 7.30. The van der Waals surface area contributed by atoms with E-state index in [9.17, 15) is 21.6 Å². The van der Waals surface area contributed by atoms with Gasteiger partial charge in [0.15, 0.2) is 15.8 Å². The van der Waals surface area contributed by atoms with Crippen LogP contribution in [0.1, 0.15) is 13.8 Å². The van der Waals surface area contributed by atoms with E-state index in [-0.39, 0.29) is 55.1 Å². The summed E-state index contributed by atoms with van der Waals surface area (Å²) in [6.45, 7) is 4.40. The highest BCUT2D eigenvalue weighted by Crippen LogP contribution is 2.25. The van der Waals surface area contributed by atoms with Gasteiger partial charge in [0.1, 0.15) is 6.04 Å². The number of aliphatic imine (C=N–C) groups is 1. The van der Waals surface area contributed by atoms with Gasteiger partial charge in [-0.1, -0.05) is 6.92 Å². The first-order valence-electron chi connectivity index (χ1n) is 7.57. The van der Waals surface area contributed by atoms with Gasteiger partial charge in [-0.3, -0.25) is 9.89 Å². The fourth-order valence-electron chi connectivity index (χ4n) is 2.32. The van der Waals surface area contributed by atoms with Crippen molar-refractivity contribution in [1.82, 2.24) is 15.1 Å². The topological polar surface area (TPSA) is 65.0 Å². The Kier molecular flexibility index (Phi) is 9.87. The molecule has 1 N–H and O–H groups in total. The van der Waals surface area contributed by atoms with E-state index >= 15 is 0 Å². The molecule has 1 rings (SSSR count). The fourth-order valence-corrected chi connectivity index (χ4v) is 3.02. The van der Waals surface area contributed by atoms with Crippen LogP contribution in [0.15, 0.2) is 4.99 Å². The monoisotopic (exact) mass is 486 g/mol. The van der Waals surface area contributed by atoms with Gasteiger partial charge in [0.25, 0.3) is 0 Å². The number of halogens is 4. The Morgan fingerprint density at radius 2 is 1.79 bits per heavy atom. The van der Waals surface area contributed by atoms with Crippen molar-refractivity contribution in [2.45, 2.75) is 26.1 Å². The lowest BCUT2D eigenvalue weighted by Crippen LogP contribution is -2.57. The number of nitrogens with one attached hydrogen (secondary N) is 1. The SMILES string of the molecule is CCS(=O)(=O)CCNC(=NC)N1CCN(C(C)C(F)(F)F)CC1.I. The lowest BCUT2D eigenvalue weighted by Gasteiger charge is -2.39. The number of sulfone groups is 1. The highest BCUT2D eigenvalue weighted by Gasteiger charge is 2.41. The molecule has 0 saturated carbocycles. The van der Waals surface area contributed by atoms with Gasteiger partial charge in [-0.25, -0.2) is 8.42 Å². The molecule has 0 amide bonds. The van der Waals surface area contributed by atoms with Crippen molar-refractivity contribution in [2.75, 3.05) is 51.3 Å². The van der Waals surface area contributed by atoms with Gasteiger partial charge in [0, 0.05) is 45.5 Å². The Balaban J connectivity index is 0.00000529. The number of guanidine groups is 1. The molecule has 1 heterocycles. The van der Waals surface area contributed by atoms with Crippen molar-refractivity contribution in [1.29, 1.82) is 0 Å². The van der Waals surface area contributed by atoms with E-state index in [1.165, 1.54) is 11.8 Å². The summed E-state index contributed by atoms with van der Waals surface area (Å²) in [7, 11) is -1.49. The molecule has 1 atom stereocenters. The predicted molar refractivity (Wildman–Crippen MR) is 99.8 cm³/mol. The largest absolute Gasteiger partial charge is 0.403 e. The van der Waals surface area contributed by atoms with Crippen LogP contribution < -0.4 is 5.32 Å². The number of nitrogens with zero attached hydrogens (tertiary/aromatic N) is 3. The van der Waals surface area contributed by atoms with E-state index in [0.29, 0.717) is 19.0 Å². The Hall–Kier alpha value is -0.300. The van der Waals surface area contributed by atoms with E-state index in [0.717, 1.165) is 0 Å².